The van der Waals surface area contributed by atoms with Crippen molar-refractivity contribution >= 4 is 5.91 Å². The van der Waals surface area contributed by atoms with Crippen LogP contribution in [0.5, 0.6) is 5.75 Å². The van der Waals surface area contributed by atoms with Gasteiger partial charge in [0.05, 0.1) is 12.1 Å². The lowest BCUT2D eigenvalue weighted by Gasteiger charge is -2.15. The quantitative estimate of drug-likeness (QED) is 0.570. The first-order valence-corrected chi connectivity index (χ1v) is 6.91. The van der Waals surface area contributed by atoms with E-state index in [1.54, 1.807) is 0 Å². The van der Waals surface area contributed by atoms with Gasteiger partial charge in [0.15, 0.2) is 11.6 Å². The van der Waals surface area contributed by atoms with Crippen molar-refractivity contribution in [1.82, 2.24) is 10.6 Å². The fraction of sp³-hybridized carbons (Fsp3) is 0.500. The van der Waals surface area contributed by atoms with Crippen molar-refractivity contribution in [3.8, 4) is 5.75 Å². The number of β-amino-alcohol motifs (C(OH)–C–C–N with tert-alkyl or cyclic N) is 1. The number of carbonyl (C=O) groups excluding carboxylic acids is 1. The van der Waals surface area contributed by atoms with E-state index in [0.29, 0.717) is 13.0 Å². The van der Waals surface area contributed by atoms with Crippen LogP contribution in [0.2, 0.25) is 0 Å². The summed E-state index contributed by atoms with van der Waals surface area (Å²) in [4.78, 5) is 11.7. The lowest BCUT2D eigenvalue weighted by atomic mass is 10.2. The summed E-state index contributed by atoms with van der Waals surface area (Å²) in [7, 11) is 0. The summed E-state index contributed by atoms with van der Waals surface area (Å²) in [5.41, 5.74) is 0. The highest BCUT2D eigenvalue weighted by molar-refractivity contribution is 5.82. The molecule has 3 atom stereocenters. The Balaban J connectivity index is 1.70. The molecule has 4 N–H and O–H groups in total. The normalized spacial score (nSPS) is 22.4. The van der Waals surface area contributed by atoms with E-state index in [2.05, 4.69) is 10.6 Å². The van der Waals surface area contributed by atoms with E-state index in [0.717, 1.165) is 12.1 Å². The molecule has 0 aliphatic carbocycles. The molecule has 8 heteroatoms. The molecular weight excluding hydrogens is 298 g/mol. The lowest BCUT2D eigenvalue weighted by molar-refractivity contribution is -0.123. The average Bonchev–Trinajstić information content (AvgIpc) is 2.92. The second kappa shape index (κ2) is 7.48. The molecular formula is C14H18F2N2O4. The van der Waals surface area contributed by atoms with Gasteiger partial charge in [-0.3, -0.25) is 4.79 Å². The van der Waals surface area contributed by atoms with Crippen LogP contribution in [-0.2, 0) is 4.79 Å². The van der Waals surface area contributed by atoms with Gasteiger partial charge < -0.3 is 25.6 Å². The summed E-state index contributed by atoms with van der Waals surface area (Å²) >= 11 is 0. The fourth-order valence-electron chi connectivity index (χ4n) is 2.08. The first-order chi connectivity index (χ1) is 10.5. The minimum atomic E-state index is -1.04. The third-order valence-electron chi connectivity index (χ3n) is 3.27. The van der Waals surface area contributed by atoms with E-state index in [4.69, 9.17) is 4.74 Å². The van der Waals surface area contributed by atoms with Crippen molar-refractivity contribution < 1.29 is 28.5 Å². The van der Waals surface area contributed by atoms with Crippen molar-refractivity contribution in [1.29, 1.82) is 0 Å². The van der Waals surface area contributed by atoms with Crippen molar-refractivity contribution in [2.45, 2.75) is 24.7 Å². The first-order valence-electron chi connectivity index (χ1n) is 6.91. The molecule has 1 aliphatic rings. The molecule has 6 nitrogen and oxygen atoms in total. The SMILES string of the molecule is O=C(NC[C@H](O)COc1ccc(F)c(F)c1)[C@@H]1C[C@@H](O)CN1. The molecule has 1 saturated heterocycles. The van der Waals surface area contributed by atoms with Crippen LogP contribution < -0.4 is 15.4 Å². The van der Waals surface area contributed by atoms with Gasteiger partial charge in [-0.2, -0.15) is 0 Å². The van der Waals surface area contributed by atoms with Gasteiger partial charge in [-0.15, -0.1) is 0 Å². The molecule has 1 heterocycles. The first kappa shape index (κ1) is 16.6. The van der Waals surface area contributed by atoms with E-state index < -0.39 is 29.9 Å². The van der Waals surface area contributed by atoms with Crippen LogP contribution in [-0.4, -0.2) is 54.1 Å². The largest absolute Gasteiger partial charge is 0.491 e. The Morgan fingerprint density at radius 3 is 2.86 bits per heavy atom. The Morgan fingerprint density at radius 2 is 2.23 bits per heavy atom. The number of hydrogen-bond donors (Lipinski definition) is 4. The van der Waals surface area contributed by atoms with Gasteiger partial charge in [0, 0.05) is 19.2 Å². The second-order valence-corrected chi connectivity index (χ2v) is 5.14. The maximum Gasteiger partial charge on any atom is 0.237 e. The van der Waals surface area contributed by atoms with Crippen LogP contribution in [0.25, 0.3) is 0 Å². The zero-order chi connectivity index (χ0) is 16.1. The van der Waals surface area contributed by atoms with Crippen molar-refractivity contribution in [2.75, 3.05) is 19.7 Å². The van der Waals surface area contributed by atoms with E-state index in [9.17, 15) is 23.8 Å². The Labute approximate surface area is 126 Å². The van der Waals surface area contributed by atoms with Gasteiger partial charge in [0.2, 0.25) is 5.91 Å². The molecule has 2 rings (SSSR count). The molecule has 0 saturated carbocycles. The molecule has 0 bridgehead atoms. The highest BCUT2D eigenvalue weighted by atomic mass is 19.2. The minimum Gasteiger partial charge on any atom is -0.491 e. The minimum absolute atomic E-state index is 0.0449. The third kappa shape index (κ3) is 4.62. The van der Waals surface area contributed by atoms with Crippen LogP contribution in [0.3, 0.4) is 0 Å². The number of hydrogen-bond acceptors (Lipinski definition) is 5. The number of carbonyl (C=O) groups is 1. The smallest absolute Gasteiger partial charge is 0.237 e. The number of halogens is 2. The highest BCUT2D eigenvalue weighted by Crippen LogP contribution is 2.15. The molecule has 0 unspecified atom stereocenters. The van der Waals surface area contributed by atoms with Crippen LogP contribution in [0, 0.1) is 11.6 Å². The summed E-state index contributed by atoms with van der Waals surface area (Å²) in [5, 5.41) is 24.4. The molecule has 0 aromatic heterocycles. The highest BCUT2D eigenvalue weighted by Gasteiger charge is 2.28. The molecule has 1 aromatic rings. The molecule has 1 amide bonds. The van der Waals surface area contributed by atoms with Crippen LogP contribution >= 0.6 is 0 Å². The number of aliphatic hydroxyl groups is 2. The maximum absolute atomic E-state index is 13.0. The van der Waals surface area contributed by atoms with E-state index in [-0.39, 0.29) is 24.8 Å². The van der Waals surface area contributed by atoms with Crippen LogP contribution in [0.1, 0.15) is 6.42 Å². The molecule has 1 fully saturated rings. The van der Waals surface area contributed by atoms with E-state index in [1.807, 2.05) is 0 Å². The van der Waals surface area contributed by atoms with E-state index in [1.165, 1.54) is 6.07 Å². The Morgan fingerprint density at radius 1 is 1.45 bits per heavy atom. The molecule has 1 aliphatic heterocycles. The third-order valence-corrected chi connectivity index (χ3v) is 3.27. The predicted molar refractivity (Wildman–Crippen MR) is 73.3 cm³/mol. The van der Waals surface area contributed by atoms with Crippen LogP contribution in [0.4, 0.5) is 8.78 Å². The predicted octanol–water partition coefficient (Wildman–Crippen LogP) is -0.457. The lowest BCUT2D eigenvalue weighted by Crippen LogP contribution is -2.44. The van der Waals surface area contributed by atoms with E-state index >= 15 is 0 Å². The van der Waals surface area contributed by atoms with Crippen molar-refractivity contribution in [3.05, 3.63) is 29.8 Å². The van der Waals surface area contributed by atoms with Crippen molar-refractivity contribution in [2.24, 2.45) is 0 Å². The summed E-state index contributed by atoms with van der Waals surface area (Å²) in [5.74, 6) is -2.24. The Kier molecular flexibility index (Phi) is 5.64. The summed E-state index contributed by atoms with van der Waals surface area (Å²) in [6.45, 7) is 0.142. The summed E-state index contributed by atoms with van der Waals surface area (Å²) in [6, 6.07) is 2.57. The number of rotatable bonds is 6. The molecule has 0 radical (unpaired) electrons. The average molecular weight is 316 g/mol. The number of ether oxygens (including phenoxy) is 1. The zero-order valence-corrected chi connectivity index (χ0v) is 11.8. The molecule has 0 spiro atoms. The number of benzene rings is 1. The van der Waals surface area contributed by atoms with Gasteiger partial charge in [0.1, 0.15) is 18.5 Å². The summed E-state index contributed by atoms with van der Waals surface area (Å²) in [6.07, 6.45) is -1.21. The monoisotopic (exact) mass is 316 g/mol. The standard InChI is InChI=1S/C14H18F2N2O4/c15-11-2-1-10(4-12(11)16)22-7-9(20)6-18-14(21)13-3-8(19)5-17-13/h1-2,4,8-9,13,17,19-20H,3,5-7H2,(H,18,21)/t8-,9+,13+/m1/s1. The number of nitrogens with one attached hydrogen (secondary N) is 2. The maximum atomic E-state index is 13.0. The van der Waals surface area contributed by atoms with Gasteiger partial charge in [0.25, 0.3) is 0 Å². The Hall–Kier alpha value is -1.77. The Bertz CT molecular complexity index is 530. The second-order valence-electron chi connectivity index (χ2n) is 5.14. The van der Waals surface area contributed by atoms with Gasteiger partial charge in [-0.1, -0.05) is 0 Å². The fourth-order valence-corrected chi connectivity index (χ4v) is 2.08. The topological polar surface area (TPSA) is 90.8 Å². The zero-order valence-electron chi connectivity index (χ0n) is 11.8. The summed E-state index contributed by atoms with van der Waals surface area (Å²) < 4.78 is 30.8. The number of aliphatic hydroxyl groups excluding tert-OH is 2. The van der Waals surface area contributed by atoms with Gasteiger partial charge >= 0.3 is 0 Å². The van der Waals surface area contributed by atoms with Crippen molar-refractivity contribution in [3.63, 3.8) is 0 Å². The van der Waals surface area contributed by atoms with Crippen LogP contribution in [0.15, 0.2) is 18.2 Å². The van der Waals surface area contributed by atoms with Gasteiger partial charge in [-0.25, -0.2) is 8.78 Å². The number of amides is 1. The molecule has 1 aromatic carbocycles. The molecule has 22 heavy (non-hydrogen) atoms. The molecule has 122 valence electrons. The van der Waals surface area contributed by atoms with Gasteiger partial charge in [-0.05, 0) is 18.6 Å².